The second-order valence-corrected chi connectivity index (χ2v) is 8.01. The fraction of sp³-hybridized carbons (Fsp3) is 0.391. The van der Waals surface area contributed by atoms with E-state index in [-0.39, 0.29) is 18.8 Å². The van der Waals surface area contributed by atoms with Crippen LogP contribution in [0, 0.1) is 5.82 Å². The van der Waals surface area contributed by atoms with Gasteiger partial charge in [-0.3, -0.25) is 4.79 Å². The molecule has 0 saturated carbocycles. The van der Waals surface area contributed by atoms with E-state index in [1.54, 1.807) is 46.0 Å². The lowest BCUT2D eigenvalue weighted by Gasteiger charge is -2.31. The zero-order valence-corrected chi connectivity index (χ0v) is 17.7. The molecule has 162 valence electrons. The van der Waals surface area contributed by atoms with Gasteiger partial charge in [-0.05, 0) is 56.2 Å². The van der Waals surface area contributed by atoms with E-state index in [2.05, 4.69) is 0 Å². The van der Waals surface area contributed by atoms with Gasteiger partial charge in [-0.1, -0.05) is 24.3 Å². The Balaban J connectivity index is 2.19. The molecule has 0 bridgehead atoms. The first-order valence-electron chi connectivity index (χ1n) is 9.70. The van der Waals surface area contributed by atoms with E-state index in [4.69, 9.17) is 14.6 Å². The average Bonchev–Trinajstić information content (AvgIpc) is 2.64. The maximum Gasteiger partial charge on any atom is 0.410 e. The number of hydrogen-bond donors (Lipinski definition) is 1. The molecule has 2 aromatic rings. The first-order chi connectivity index (χ1) is 14.0. The van der Waals surface area contributed by atoms with Crippen molar-refractivity contribution in [3.8, 4) is 5.75 Å². The lowest BCUT2D eigenvalue weighted by Crippen LogP contribution is -2.37. The van der Waals surface area contributed by atoms with E-state index in [0.717, 1.165) is 5.56 Å². The molecule has 1 unspecified atom stereocenters. The fourth-order valence-corrected chi connectivity index (χ4v) is 2.95. The quantitative estimate of drug-likeness (QED) is 0.666. The molecule has 0 aliphatic heterocycles. The minimum Gasteiger partial charge on any atom is -0.494 e. The van der Waals surface area contributed by atoms with Crippen LogP contribution in [0.15, 0.2) is 48.5 Å². The summed E-state index contributed by atoms with van der Waals surface area (Å²) >= 11 is 0. The first-order valence-corrected chi connectivity index (χ1v) is 9.70. The van der Waals surface area contributed by atoms with Crippen molar-refractivity contribution >= 4 is 12.1 Å². The summed E-state index contributed by atoms with van der Waals surface area (Å²) in [5.41, 5.74) is 0.776. The summed E-state index contributed by atoms with van der Waals surface area (Å²) in [6.07, 6.45) is -0.162. The molecule has 0 heterocycles. The SMILES string of the molecule is CN(C(=O)OC(C)(C)C)C(CCOc1ccc(F)cc1)c1cccc(CC(=O)O)c1. The second kappa shape index (κ2) is 10.1. The topological polar surface area (TPSA) is 76.1 Å². The summed E-state index contributed by atoms with van der Waals surface area (Å²) in [6.45, 7) is 5.64. The Morgan fingerprint density at radius 3 is 2.40 bits per heavy atom. The second-order valence-electron chi connectivity index (χ2n) is 8.01. The molecular formula is C23H28FNO5. The molecule has 0 spiro atoms. The lowest BCUT2D eigenvalue weighted by atomic mass is 9.99. The van der Waals surface area contributed by atoms with Crippen LogP contribution in [0.25, 0.3) is 0 Å². The van der Waals surface area contributed by atoms with Crippen molar-refractivity contribution in [3.05, 3.63) is 65.5 Å². The number of carbonyl (C=O) groups is 2. The van der Waals surface area contributed by atoms with E-state index in [1.165, 1.54) is 29.2 Å². The highest BCUT2D eigenvalue weighted by Crippen LogP contribution is 2.27. The number of carboxylic acid groups (broad SMARTS) is 1. The van der Waals surface area contributed by atoms with Gasteiger partial charge in [0.25, 0.3) is 0 Å². The lowest BCUT2D eigenvalue weighted by molar-refractivity contribution is -0.136. The highest BCUT2D eigenvalue weighted by Gasteiger charge is 2.27. The predicted octanol–water partition coefficient (Wildman–Crippen LogP) is 4.83. The molecule has 2 aromatic carbocycles. The van der Waals surface area contributed by atoms with Gasteiger partial charge in [0.05, 0.1) is 19.1 Å². The Morgan fingerprint density at radius 2 is 1.80 bits per heavy atom. The summed E-state index contributed by atoms with van der Waals surface area (Å²) in [5.74, 6) is -0.751. The van der Waals surface area contributed by atoms with Crippen molar-refractivity contribution in [1.29, 1.82) is 0 Å². The van der Waals surface area contributed by atoms with Crippen molar-refractivity contribution in [2.75, 3.05) is 13.7 Å². The molecule has 0 aromatic heterocycles. The molecule has 7 heteroatoms. The Morgan fingerprint density at radius 1 is 1.13 bits per heavy atom. The number of carbonyl (C=O) groups excluding carboxylic acids is 1. The average molecular weight is 417 g/mol. The van der Waals surface area contributed by atoms with Crippen LogP contribution in [0.5, 0.6) is 5.75 Å². The molecule has 6 nitrogen and oxygen atoms in total. The number of benzene rings is 2. The number of nitrogens with zero attached hydrogens (tertiary/aromatic N) is 1. The van der Waals surface area contributed by atoms with Crippen molar-refractivity contribution in [1.82, 2.24) is 4.90 Å². The van der Waals surface area contributed by atoms with E-state index >= 15 is 0 Å². The number of amides is 1. The number of ether oxygens (including phenoxy) is 2. The van der Waals surface area contributed by atoms with E-state index in [0.29, 0.717) is 17.7 Å². The zero-order chi connectivity index (χ0) is 22.3. The van der Waals surface area contributed by atoms with Crippen LogP contribution in [-0.2, 0) is 16.0 Å². The number of carboxylic acids is 1. The van der Waals surface area contributed by atoms with Gasteiger partial charge in [0, 0.05) is 13.5 Å². The van der Waals surface area contributed by atoms with E-state index in [9.17, 15) is 14.0 Å². The smallest absolute Gasteiger partial charge is 0.410 e. The fourth-order valence-electron chi connectivity index (χ4n) is 2.95. The molecule has 1 amide bonds. The van der Waals surface area contributed by atoms with Crippen LogP contribution in [0.3, 0.4) is 0 Å². The van der Waals surface area contributed by atoms with Gasteiger partial charge in [0.1, 0.15) is 17.2 Å². The monoisotopic (exact) mass is 417 g/mol. The summed E-state index contributed by atoms with van der Waals surface area (Å²) in [6, 6.07) is 12.4. The normalized spacial score (nSPS) is 12.2. The molecule has 2 rings (SSSR count). The van der Waals surface area contributed by atoms with Crippen LogP contribution in [0.2, 0.25) is 0 Å². The van der Waals surface area contributed by atoms with Gasteiger partial charge in [-0.25, -0.2) is 9.18 Å². The van der Waals surface area contributed by atoms with Gasteiger partial charge < -0.3 is 19.5 Å². The minimum atomic E-state index is -0.927. The molecule has 1 N–H and O–H groups in total. The standard InChI is InChI=1S/C23H28FNO5/c1-23(2,3)30-22(28)25(4)20(12-13-29-19-10-8-18(24)9-11-19)17-7-5-6-16(14-17)15-21(26)27/h5-11,14,20H,12-13,15H2,1-4H3,(H,26,27). The van der Waals surface area contributed by atoms with Gasteiger partial charge in [-0.15, -0.1) is 0 Å². The maximum absolute atomic E-state index is 13.1. The van der Waals surface area contributed by atoms with Crippen molar-refractivity contribution in [2.24, 2.45) is 0 Å². The molecule has 0 aliphatic carbocycles. The first kappa shape index (κ1) is 23.2. The molecule has 1 atom stereocenters. The number of hydrogen-bond acceptors (Lipinski definition) is 4. The number of aliphatic carboxylic acids is 1. The van der Waals surface area contributed by atoms with Crippen LogP contribution in [0.4, 0.5) is 9.18 Å². The summed E-state index contributed by atoms with van der Waals surface area (Å²) in [7, 11) is 1.64. The molecule has 0 radical (unpaired) electrons. The molecule has 0 fully saturated rings. The molecule has 0 saturated heterocycles. The Labute approximate surface area is 176 Å². The zero-order valence-electron chi connectivity index (χ0n) is 17.7. The van der Waals surface area contributed by atoms with Crippen molar-refractivity contribution < 1.29 is 28.6 Å². The predicted molar refractivity (Wildman–Crippen MR) is 111 cm³/mol. The van der Waals surface area contributed by atoms with Crippen molar-refractivity contribution in [3.63, 3.8) is 0 Å². The number of halogens is 1. The Kier molecular flexibility index (Phi) is 7.80. The Hall–Kier alpha value is -3.09. The van der Waals surface area contributed by atoms with Gasteiger partial charge in [-0.2, -0.15) is 0 Å². The van der Waals surface area contributed by atoms with Gasteiger partial charge >= 0.3 is 12.1 Å². The van der Waals surface area contributed by atoms with Gasteiger partial charge in [0.2, 0.25) is 0 Å². The largest absolute Gasteiger partial charge is 0.494 e. The third kappa shape index (κ3) is 7.39. The summed E-state index contributed by atoms with van der Waals surface area (Å²) in [4.78, 5) is 25.2. The van der Waals surface area contributed by atoms with Crippen LogP contribution in [0.1, 0.15) is 44.4 Å². The molecule has 30 heavy (non-hydrogen) atoms. The van der Waals surface area contributed by atoms with Crippen LogP contribution >= 0.6 is 0 Å². The third-order valence-corrected chi connectivity index (χ3v) is 4.31. The highest BCUT2D eigenvalue weighted by atomic mass is 19.1. The number of rotatable bonds is 8. The minimum absolute atomic E-state index is 0.108. The summed E-state index contributed by atoms with van der Waals surface area (Å²) in [5, 5.41) is 9.08. The highest BCUT2D eigenvalue weighted by molar-refractivity contribution is 5.70. The Bertz CT molecular complexity index is 861. The van der Waals surface area contributed by atoms with Gasteiger partial charge in [0.15, 0.2) is 0 Å². The maximum atomic E-state index is 13.1. The molecular weight excluding hydrogens is 389 g/mol. The molecule has 0 aliphatic rings. The van der Waals surface area contributed by atoms with Crippen LogP contribution in [-0.4, -0.2) is 41.3 Å². The summed E-state index contributed by atoms with van der Waals surface area (Å²) < 4.78 is 24.2. The van der Waals surface area contributed by atoms with E-state index < -0.39 is 23.7 Å². The van der Waals surface area contributed by atoms with Crippen LogP contribution < -0.4 is 4.74 Å². The van der Waals surface area contributed by atoms with Crippen molar-refractivity contribution in [2.45, 2.75) is 45.3 Å². The van der Waals surface area contributed by atoms with E-state index in [1.807, 2.05) is 6.07 Å². The third-order valence-electron chi connectivity index (χ3n) is 4.31.